The summed E-state index contributed by atoms with van der Waals surface area (Å²) in [5.41, 5.74) is 0.690. The standard InChI is InChI=1S/C14H18N4O/c19-14-15-8-4-9-17(14)11-12-7-10-18(16-12)13-5-2-1-3-6-13/h4,7-10,13H,1-3,5-6,11H2. The third-order valence-corrected chi connectivity index (χ3v) is 3.73. The highest BCUT2D eigenvalue weighted by Crippen LogP contribution is 2.27. The summed E-state index contributed by atoms with van der Waals surface area (Å²) in [6.45, 7) is 0.492. The lowest BCUT2D eigenvalue weighted by Gasteiger charge is -2.21. The lowest BCUT2D eigenvalue weighted by Crippen LogP contribution is -2.22. The molecule has 0 bridgehead atoms. The summed E-state index contributed by atoms with van der Waals surface area (Å²) >= 11 is 0. The summed E-state index contributed by atoms with van der Waals surface area (Å²) in [5.74, 6) is 0. The Morgan fingerprint density at radius 3 is 2.84 bits per heavy atom. The van der Waals surface area contributed by atoms with Crippen molar-refractivity contribution in [3.05, 3.63) is 46.9 Å². The third-order valence-electron chi connectivity index (χ3n) is 3.73. The molecule has 0 aromatic carbocycles. The van der Waals surface area contributed by atoms with Gasteiger partial charge in [0.05, 0.1) is 18.3 Å². The van der Waals surface area contributed by atoms with E-state index >= 15 is 0 Å². The molecule has 5 heteroatoms. The molecule has 2 aromatic rings. The first-order chi connectivity index (χ1) is 9.33. The minimum absolute atomic E-state index is 0.227. The van der Waals surface area contributed by atoms with E-state index in [0.717, 1.165) is 5.69 Å². The minimum Gasteiger partial charge on any atom is -0.293 e. The van der Waals surface area contributed by atoms with Crippen molar-refractivity contribution in [1.29, 1.82) is 0 Å². The van der Waals surface area contributed by atoms with Crippen molar-refractivity contribution in [3.8, 4) is 0 Å². The van der Waals surface area contributed by atoms with Crippen LogP contribution in [0, 0.1) is 0 Å². The van der Waals surface area contributed by atoms with Crippen LogP contribution in [0.25, 0.3) is 0 Å². The maximum Gasteiger partial charge on any atom is 0.347 e. The summed E-state index contributed by atoms with van der Waals surface area (Å²) < 4.78 is 3.64. The molecule has 1 saturated carbocycles. The van der Waals surface area contributed by atoms with Crippen molar-refractivity contribution in [2.75, 3.05) is 0 Å². The number of hydrogen-bond donors (Lipinski definition) is 0. The molecule has 0 spiro atoms. The van der Waals surface area contributed by atoms with Crippen molar-refractivity contribution in [2.24, 2.45) is 0 Å². The smallest absolute Gasteiger partial charge is 0.293 e. The zero-order chi connectivity index (χ0) is 13.1. The molecule has 0 radical (unpaired) electrons. The SMILES string of the molecule is O=c1ncccn1Cc1ccn(C2CCCCC2)n1. The maximum absolute atomic E-state index is 11.5. The molecule has 19 heavy (non-hydrogen) atoms. The highest BCUT2D eigenvalue weighted by atomic mass is 16.1. The van der Waals surface area contributed by atoms with Gasteiger partial charge in [-0.2, -0.15) is 5.10 Å². The van der Waals surface area contributed by atoms with Gasteiger partial charge in [0.1, 0.15) is 0 Å². The molecule has 1 aliphatic rings. The van der Waals surface area contributed by atoms with Crippen LogP contribution in [-0.2, 0) is 6.54 Å². The highest BCUT2D eigenvalue weighted by molar-refractivity contribution is 5.01. The molecule has 0 atom stereocenters. The van der Waals surface area contributed by atoms with E-state index in [1.54, 1.807) is 16.8 Å². The number of aromatic nitrogens is 4. The van der Waals surface area contributed by atoms with Crippen LogP contribution in [-0.4, -0.2) is 19.3 Å². The molecular weight excluding hydrogens is 240 g/mol. The number of rotatable bonds is 3. The Kier molecular flexibility index (Phi) is 3.44. The summed E-state index contributed by atoms with van der Waals surface area (Å²) in [5, 5.41) is 4.60. The fraction of sp³-hybridized carbons (Fsp3) is 0.500. The second kappa shape index (κ2) is 5.38. The molecule has 2 aromatic heterocycles. The van der Waals surface area contributed by atoms with Crippen molar-refractivity contribution in [3.63, 3.8) is 0 Å². The zero-order valence-electron chi connectivity index (χ0n) is 10.9. The quantitative estimate of drug-likeness (QED) is 0.846. The van der Waals surface area contributed by atoms with E-state index in [1.165, 1.54) is 38.3 Å². The molecular formula is C14H18N4O. The Labute approximate surface area is 111 Å². The lowest BCUT2D eigenvalue weighted by atomic mass is 9.96. The minimum atomic E-state index is -0.227. The summed E-state index contributed by atoms with van der Waals surface area (Å²) in [6, 6.07) is 4.29. The summed E-state index contributed by atoms with van der Waals surface area (Å²) in [4.78, 5) is 15.3. The monoisotopic (exact) mass is 258 g/mol. The molecule has 3 rings (SSSR count). The van der Waals surface area contributed by atoms with Crippen LogP contribution in [0.1, 0.15) is 43.8 Å². The Morgan fingerprint density at radius 2 is 2.05 bits per heavy atom. The normalized spacial score (nSPS) is 16.6. The van der Waals surface area contributed by atoms with E-state index in [2.05, 4.69) is 14.8 Å². The van der Waals surface area contributed by atoms with Crippen LogP contribution in [0.15, 0.2) is 35.5 Å². The lowest BCUT2D eigenvalue weighted by molar-refractivity contribution is 0.328. The number of nitrogens with zero attached hydrogens (tertiary/aromatic N) is 4. The van der Waals surface area contributed by atoms with Crippen molar-refractivity contribution in [2.45, 2.75) is 44.7 Å². The predicted octanol–water partition coefficient (Wildman–Crippen LogP) is 1.99. The second-order valence-electron chi connectivity index (χ2n) is 5.11. The third kappa shape index (κ3) is 2.75. The van der Waals surface area contributed by atoms with E-state index in [-0.39, 0.29) is 5.69 Å². The molecule has 0 saturated heterocycles. The largest absolute Gasteiger partial charge is 0.347 e. The molecule has 5 nitrogen and oxygen atoms in total. The van der Waals surface area contributed by atoms with Crippen LogP contribution >= 0.6 is 0 Å². The van der Waals surface area contributed by atoms with Crippen molar-refractivity contribution < 1.29 is 0 Å². The fourth-order valence-electron chi connectivity index (χ4n) is 2.69. The second-order valence-corrected chi connectivity index (χ2v) is 5.11. The molecule has 100 valence electrons. The average molecular weight is 258 g/mol. The van der Waals surface area contributed by atoms with Gasteiger partial charge < -0.3 is 0 Å². The van der Waals surface area contributed by atoms with Gasteiger partial charge in [0.25, 0.3) is 0 Å². The number of hydrogen-bond acceptors (Lipinski definition) is 3. The van der Waals surface area contributed by atoms with Crippen LogP contribution in [0.5, 0.6) is 0 Å². The summed E-state index contributed by atoms with van der Waals surface area (Å²) in [6.07, 6.45) is 11.7. The van der Waals surface area contributed by atoms with Gasteiger partial charge in [0.2, 0.25) is 0 Å². The molecule has 0 aliphatic heterocycles. The van der Waals surface area contributed by atoms with E-state index in [4.69, 9.17) is 0 Å². The molecule has 1 fully saturated rings. The topological polar surface area (TPSA) is 52.7 Å². The predicted molar refractivity (Wildman–Crippen MR) is 71.9 cm³/mol. The van der Waals surface area contributed by atoms with E-state index in [1.807, 2.05) is 12.3 Å². The van der Waals surface area contributed by atoms with Gasteiger partial charge in [-0.25, -0.2) is 9.78 Å². The van der Waals surface area contributed by atoms with Gasteiger partial charge >= 0.3 is 5.69 Å². The molecule has 2 heterocycles. The van der Waals surface area contributed by atoms with Gasteiger partial charge in [-0.1, -0.05) is 19.3 Å². The van der Waals surface area contributed by atoms with Crippen LogP contribution in [0.2, 0.25) is 0 Å². The Hall–Kier alpha value is -1.91. The Balaban J connectivity index is 1.74. The molecule has 1 aliphatic carbocycles. The van der Waals surface area contributed by atoms with E-state index in [0.29, 0.717) is 12.6 Å². The van der Waals surface area contributed by atoms with Gasteiger partial charge in [-0.3, -0.25) is 9.25 Å². The zero-order valence-corrected chi connectivity index (χ0v) is 10.9. The van der Waals surface area contributed by atoms with Crippen LogP contribution < -0.4 is 5.69 Å². The van der Waals surface area contributed by atoms with Gasteiger partial charge in [0.15, 0.2) is 0 Å². The Morgan fingerprint density at radius 1 is 1.21 bits per heavy atom. The first-order valence-corrected chi connectivity index (χ1v) is 6.88. The molecule has 0 N–H and O–H groups in total. The van der Waals surface area contributed by atoms with Gasteiger partial charge in [-0.15, -0.1) is 0 Å². The van der Waals surface area contributed by atoms with Crippen molar-refractivity contribution >= 4 is 0 Å². The first-order valence-electron chi connectivity index (χ1n) is 6.88. The Bertz CT molecular complexity index is 595. The van der Waals surface area contributed by atoms with Crippen LogP contribution in [0.4, 0.5) is 0 Å². The summed E-state index contributed by atoms with van der Waals surface area (Å²) in [7, 11) is 0. The van der Waals surface area contributed by atoms with Gasteiger partial charge in [0, 0.05) is 18.6 Å². The highest BCUT2D eigenvalue weighted by Gasteiger charge is 2.16. The average Bonchev–Trinajstić information content (AvgIpc) is 2.91. The van der Waals surface area contributed by atoms with E-state index in [9.17, 15) is 4.79 Å². The van der Waals surface area contributed by atoms with E-state index < -0.39 is 0 Å². The molecule has 0 amide bonds. The van der Waals surface area contributed by atoms with Crippen molar-refractivity contribution in [1.82, 2.24) is 19.3 Å². The van der Waals surface area contributed by atoms with Crippen LogP contribution in [0.3, 0.4) is 0 Å². The fourth-order valence-corrected chi connectivity index (χ4v) is 2.69. The van der Waals surface area contributed by atoms with Gasteiger partial charge in [-0.05, 0) is 25.0 Å². The molecule has 0 unspecified atom stereocenters. The maximum atomic E-state index is 11.5. The first kappa shape index (κ1) is 12.1.